The van der Waals surface area contributed by atoms with Crippen molar-refractivity contribution in [2.75, 3.05) is 5.32 Å². The Morgan fingerprint density at radius 2 is 1.80 bits per heavy atom. The molecular weight excluding hydrogens is 316 g/mol. The maximum absolute atomic E-state index is 12.4. The zero-order valence-electron chi connectivity index (χ0n) is 13.2. The first-order valence-corrected chi connectivity index (χ1v) is 7.74. The van der Waals surface area contributed by atoms with E-state index in [0.29, 0.717) is 22.7 Å². The van der Waals surface area contributed by atoms with Crippen LogP contribution in [0.1, 0.15) is 10.5 Å². The fourth-order valence-corrected chi connectivity index (χ4v) is 2.62. The SMILES string of the molecule is O=C(Nc1ccccc1)c1cn2cc(-c3cccc[n+]3[O-])ccc2n1. The van der Waals surface area contributed by atoms with E-state index in [1.165, 1.54) is 6.20 Å². The molecule has 0 aliphatic rings. The van der Waals surface area contributed by atoms with Crippen LogP contribution in [0, 0.1) is 5.21 Å². The second-order valence-corrected chi connectivity index (χ2v) is 5.54. The summed E-state index contributed by atoms with van der Waals surface area (Å²) in [7, 11) is 0. The van der Waals surface area contributed by atoms with Crippen LogP contribution in [0.3, 0.4) is 0 Å². The highest BCUT2D eigenvalue weighted by Crippen LogP contribution is 2.17. The number of carbonyl (C=O) groups is 1. The second kappa shape index (κ2) is 6.09. The molecule has 122 valence electrons. The molecule has 0 aliphatic heterocycles. The number of amides is 1. The van der Waals surface area contributed by atoms with E-state index in [-0.39, 0.29) is 5.91 Å². The Morgan fingerprint density at radius 3 is 2.60 bits per heavy atom. The summed E-state index contributed by atoms with van der Waals surface area (Å²) < 4.78 is 2.54. The minimum Gasteiger partial charge on any atom is -0.618 e. The summed E-state index contributed by atoms with van der Waals surface area (Å²) in [6, 6.07) is 18.0. The number of imidazole rings is 1. The van der Waals surface area contributed by atoms with Crippen molar-refractivity contribution in [3.05, 3.63) is 90.2 Å². The van der Waals surface area contributed by atoms with E-state index in [1.807, 2.05) is 36.4 Å². The molecule has 0 aliphatic carbocycles. The fourth-order valence-electron chi connectivity index (χ4n) is 2.62. The van der Waals surface area contributed by atoms with Gasteiger partial charge in [-0.15, -0.1) is 0 Å². The van der Waals surface area contributed by atoms with Crippen molar-refractivity contribution in [2.24, 2.45) is 0 Å². The van der Waals surface area contributed by atoms with Crippen LogP contribution in [0.4, 0.5) is 5.69 Å². The summed E-state index contributed by atoms with van der Waals surface area (Å²) in [5.74, 6) is -0.282. The van der Waals surface area contributed by atoms with Gasteiger partial charge in [0.1, 0.15) is 11.3 Å². The van der Waals surface area contributed by atoms with Gasteiger partial charge in [-0.2, -0.15) is 4.73 Å². The lowest BCUT2D eigenvalue weighted by Gasteiger charge is -2.04. The smallest absolute Gasteiger partial charge is 0.275 e. The highest BCUT2D eigenvalue weighted by Gasteiger charge is 2.13. The third-order valence-electron chi connectivity index (χ3n) is 3.84. The number of rotatable bonds is 3. The lowest BCUT2D eigenvalue weighted by Crippen LogP contribution is -2.27. The van der Waals surface area contributed by atoms with Crippen molar-refractivity contribution in [1.82, 2.24) is 9.38 Å². The molecular formula is C19H14N4O2. The lowest BCUT2D eigenvalue weighted by atomic mass is 10.2. The Labute approximate surface area is 143 Å². The number of hydrogen-bond donors (Lipinski definition) is 1. The Hall–Kier alpha value is -3.67. The minimum absolute atomic E-state index is 0.282. The molecule has 0 saturated carbocycles. The number of nitrogens with zero attached hydrogens (tertiary/aromatic N) is 3. The van der Waals surface area contributed by atoms with Gasteiger partial charge < -0.3 is 14.9 Å². The molecule has 6 nitrogen and oxygen atoms in total. The summed E-state index contributed by atoms with van der Waals surface area (Å²) in [4.78, 5) is 16.7. The number of pyridine rings is 2. The molecule has 0 fully saturated rings. The van der Waals surface area contributed by atoms with E-state index in [9.17, 15) is 10.0 Å². The Kier molecular flexibility index (Phi) is 3.63. The average Bonchev–Trinajstić information content (AvgIpc) is 3.06. The highest BCUT2D eigenvalue weighted by atomic mass is 16.5. The molecule has 4 rings (SSSR count). The van der Waals surface area contributed by atoms with Gasteiger partial charge in [-0.05, 0) is 30.3 Å². The zero-order chi connectivity index (χ0) is 17.2. The number of fused-ring (bicyclic) bond motifs is 1. The van der Waals surface area contributed by atoms with Crippen LogP contribution in [-0.4, -0.2) is 15.3 Å². The number of aromatic nitrogens is 3. The van der Waals surface area contributed by atoms with Gasteiger partial charge in [0.15, 0.2) is 6.20 Å². The van der Waals surface area contributed by atoms with Gasteiger partial charge in [0.05, 0.1) is 5.56 Å². The van der Waals surface area contributed by atoms with E-state index in [4.69, 9.17) is 0 Å². The predicted molar refractivity (Wildman–Crippen MR) is 94.0 cm³/mol. The number of benzene rings is 1. The minimum atomic E-state index is -0.282. The Balaban J connectivity index is 1.67. The normalized spacial score (nSPS) is 10.7. The Bertz CT molecular complexity index is 1060. The molecule has 0 spiro atoms. The van der Waals surface area contributed by atoms with Crippen LogP contribution < -0.4 is 10.0 Å². The molecule has 4 aromatic rings. The van der Waals surface area contributed by atoms with Crippen molar-refractivity contribution < 1.29 is 9.52 Å². The van der Waals surface area contributed by atoms with Crippen molar-refractivity contribution in [2.45, 2.75) is 0 Å². The summed E-state index contributed by atoms with van der Waals surface area (Å²) >= 11 is 0. The van der Waals surface area contributed by atoms with Crippen LogP contribution in [0.15, 0.2) is 79.3 Å². The number of anilines is 1. The first kappa shape index (κ1) is 14.9. The summed E-state index contributed by atoms with van der Waals surface area (Å²) in [5, 5.41) is 14.7. The van der Waals surface area contributed by atoms with Crippen molar-refractivity contribution in [3.63, 3.8) is 0 Å². The van der Waals surface area contributed by atoms with Crippen LogP contribution in [0.2, 0.25) is 0 Å². The third-order valence-corrected chi connectivity index (χ3v) is 3.84. The lowest BCUT2D eigenvalue weighted by molar-refractivity contribution is -0.593. The number of nitrogens with one attached hydrogen (secondary N) is 1. The second-order valence-electron chi connectivity index (χ2n) is 5.54. The van der Waals surface area contributed by atoms with Crippen LogP contribution in [0.5, 0.6) is 0 Å². The van der Waals surface area contributed by atoms with Gasteiger partial charge in [-0.25, -0.2) is 4.98 Å². The molecule has 1 aromatic carbocycles. The number of hydrogen-bond acceptors (Lipinski definition) is 3. The summed E-state index contributed by atoms with van der Waals surface area (Å²) in [5.41, 5.74) is 2.94. The molecule has 25 heavy (non-hydrogen) atoms. The van der Waals surface area contributed by atoms with Crippen molar-refractivity contribution in [3.8, 4) is 11.3 Å². The molecule has 0 saturated heterocycles. The summed E-state index contributed by atoms with van der Waals surface area (Å²) in [6.45, 7) is 0. The Morgan fingerprint density at radius 1 is 1.00 bits per heavy atom. The molecule has 6 heteroatoms. The van der Waals surface area contributed by atoms with Gasteiger partial charge in [0, 0.05) is 30.2 Å². The van der Waals surface area contributed by atoms with E-state index < -0.39 is 0 Å². The van der Waals surface area contributed by atoms with Crippen molar-refractivity contribution in [1.29, 1.82) is 0 Å². The van der Waals surface area contributed by atoms with Crippen LogP contribution in [0.25, 0.3) is 16.9 Å². The van der Waals surface area contributed by atoms with Crippen LogP contribution in [-0.2, 0) is 0 Å². The molecule has 0 atom stereocenters. The van der Waals surface area contributed by atoms with Gasteiger partial charge in [0.25, 0.3) is 5.91 Å². The quantitative estimate of drug-likeness (QED) is 0.464. The average molecular weight is 330 g/mol. The van der Waals surface area contributed by atoms with Gasteiger partial charge >= 0.3 is 0 Å². The monoisotopic (exact) mass is 330 g/mol. The highest BCUT2D eigenvalue weighted by molar-refractivity contribution is 6.03. The topological polar surface area (TPSA) is 73.3 Å². The maximum Gasteiger partial charge on any atom is 0.275 e. The molecule has 3 aromatic heterocycles. The molecule has 0 radical (unpaired) electrons. The maximum atomic E-state index is 12.4. The first-order valence-electron chi connectivity index (χ1n) is 7.74. The predicted octanol–water partition coefficient (Wildman–Crippen LogP) is 2.89. The zero-order valence-corrected chi connectivity index (χ0v) is 13.2. The largest absolute Gasteiger partial charge is 0.618 e. The van der Waals surface area contributed by atoms with Crippen LogP contribution >= 0.6 is 0 Å². The fraction of sp³-hybridized carbons (Fsp3) is 0. The van der Waals surface area contributed by atoms with Gasteiger partial charge in [-0.3, -0.25) is 4.79 Å². The van der Waals surface area contributed by atoms with E-state index in [1.54, 1.807) is 41.1 Å². The van der Waals surface area contributed by atoms with Crippen molar-refractivity contribution >= 4 is 17.2 Å². The molecule has 1 N–H and O–H groups in total. The third kappa shape index (κ3) is 2.92. The molecule has 0 unspecified atom stereocenters. The molecule has 0 bridgehead atoms. The van der Waals surface area contributed by atoms with E-state index in [0.717, 1.165) is 10.3 Å². The van der Waals surface area contributed by atoms with Gasteiger partial charge in [0.2, 0.25) is 5.69 Å². The summed E-state index contributed by atoms with van der Waals surface area (Å²) in [6.07, 6.45) is 4.88. The standard InChI is InChI=1S/C19H14N4O2/c24-19(20-15-6-2-1-3-7-15)16-13-22-12-14(9-10-18(22)21-16)17-8-4-5-11-23(17)25/h1-13H,(H,20,24). The van der Waals surface area contributed by atoms with E-state index >= 15 is 0 Å². The number of para-hydroxylation sites is 1. The molecule has 3 heterocycles. The molecule has 1 amide bonds. The first-order chi connectivity index (χ1) is 12.2. The van der Waals surface area contributed by atoms with E-state index in [2.05, 4.69) is 10.3 Å². The van der Waals surface area contributed by atoms with Gasteiger partial charge in [-0.1, -0.05) is 18.2 Å². The number of carbonyl (C=O) groups excluding carboxylic acids is 1.